The van der Waals surface area contributed by atoms with E-state index in [-0.39, 0.29) is 11.9 Å². The number of hydrogen-bond acceptors (Lipinski definition) is 9. The van der Waals surface area contributed by atoms with Gasteiger partial charge in [-0.05, 0) is 25.0 Å². The summed E-state index contributed by atoms with van der Waals surface area (Å²) in [6.07, 6.45) is 4.77. The van der Waals surface area contributed by atoms with Crippen molar-refractivity contribution in [1.82, 2.24) is 19.7 Å². The minimum Gasteiger partial charge on any atom is -0.496 e. The maximum absolute atomic E-state index is 11.3. The Morgan fingerprint density at radius 3 is 2.75 bits per heavy atom. The van der Waals surface area contributed by atoms with E-state index in [1.807, 2.05) is 24.4 Å². The predicted octanol–water partition coefficient (Wildman–Crippen LogP) is 3.01. The van der Waals surface area contributed by atoms with Gasteiger partial charge in [0.05, 0.1) is 39.1 Å². The zero-order valence-corrected chi connectivity index (χ0v) is 18.8. The quantitative estimate of drug-likeness (QED) is 0.321. The molecule has 172 valence electrons. The summed E-state index contributed by atoms with van der Waals surface area (Å²) in [4.78, 5) is 19.9. The number of anilines is 2. The molecule has 0 fully saturated rings. The second-order valence-electron chi connectivity index (χ2n) is 7.24. The van der Waals surface area contributed by atoms with Crippen molar-refractivity contribution in [1.29, 1.82) is 0 Å². The number of rotatable bonds is 12. The van der Waals surface area contributed by atoms with E-state index in [1.54, 1.807) is 11.8 Å². The Hall–Kier alpha value is -3.56. The van der Waals surface area contributed by atoms with Gasteiger partial charge in [-0.3, -0.25) is 9.48 Å². The van der Waals surface area contributed by atoms with Crippen molar-refractivity contribution in [2.45, 2.75) is 39.2 Å². The lowest BCUT2D eigenvalue weighted by molar-refractivity contribution is -0.140. The van der Waals surface area contributed by atoms with Gasteiger partial charge in [0.1, 0.15) is 17.0 Å². The molecule has 32 heavy (non-hydrogen) atoms. The Kier molecular flexibility index (Phi) is 8.07. The summed E-state index contributed by atoms with van der Waals surface area (Å²) in [5.74, 6) is 1.91. The van der Waals surface area contributed by atoms with Crippen molar-refractivity contribution in [3.05, 3.63) is 30.0 Å². The zero-order chi connectivity index (χ0) is 22.9. The molecule has 10 nitrogen and oxygen atoms in total. The first kappa shape index (κ1) is 23.1. The second kappa shape index (κ2) is 11.2. The van der Waals surface area contributed by atoms with E-state index >= 15 is 0 Å². The van der Waals surface area contributed by atoms with Crippen molar-refractivity contribution in [3.63, 3.8) is 0 Å². The third kappa shape index (κ3) is 5.77. The fraction of sp³-hybridized carbons (Fsp3) is 0.455. The first-order chi connectivity index (χ1) is 15.5. The molecule has 0 aliphatic carbocycles. The van der Waals surface area contributed by atoms with Gasteiger partial charge in [0, 0.05) is 13.0 Å². The van der Waals surface area contributed by atoms with Gasteiger partial charge in [0.25, 0.3) is 0 Å². The summed E-state index contributed by atoms with van der Waals surface area (Å²) in [6.45, 7) is 3.69. The second-order valence-corrected chi connectivity index (χ2v) is 7.24. The summed E-state index contributed by atoms with van der Waals surface area (Å²) < 4.78 is 17.9. The topological polar surface area (TPSA) is 126 Å². The van der Waals surface area contributed by atoms with Crippen LogP contribution in [0.4, 0.5) is 11.8 Å². The smallest absolute Gasteiger partial charge is 0.305 e. The van der Waals surface area contributed by atoms with Crippen LogP contribution in [0.1, 0.15) is 38.2 Å². The van der Waals surface area contributed by atoms with Gasteiger partial charge < -0.3 is 25.3 Å². The van der Waals surface area contributed by atoms with Gasteiger partial charge in [-0.1, -0.05) is 19.4 Å². The number of unbranched alkanes of at least 4 members (excludes halogenated alkanes) is 1. The summed E-state index contributed by atoms with van der Waals surface area (Å²) in [6, 6.07) is 5.60. The molecule has 0 aliphatic rings. The van der Waals surface area contributed by atoms with Crippen LogP contribution in [0.15, 0.2) is 24.4 Å². The molecule has 1 aromatic carbocycles. The third-order valence-corrected chi connectivity index (χ3v) is 4.89. The monoisotopic (exact) mass is 442 g/mol. The highest BCUT2D eigenvalue weighted by Crippen LogP contribution is 2.30. The largest absolute Gasteiger partial charge is 0.496 e. The van der Waals surface area contributed by atoms with Crippen molar-refractivity contribution in [2.75, 3.05) is 38.4 Å². The van der Waals surface area contributed by atoms with Gasteiger partial charge in [0.15, 0.2) is 11.3 Å². The number of hydrogen-bond donors (Lipinski definition) is 2. The van der Waals surface area contributed by atoms with Crippen molar-refractivity contribution >= 4 is 28.8 Å². The standard InChI is InChI=1S/C22H30N6O4/c1-4-5-11-24-21-20-16(25-22(23)26-21)14-28(27-20)13-15-17(30-2)8-6-9-18(15)32-12-7-10-19(29)31-3/h6,8-9,14H,4-5,7,10-13H2,1-3H3,(H3,23,24,25,26). The highest BCUT2D eigenvalue weighted by Gasteiger charge is 2.15. The minimum atomic E-state index is -0.258. The molecule has 3 N–H and O–H groups in total. The summed E-state index contributed by atoms with van der Waals surface area (Å²) >= 11 is 0. The van der Waals surface area contributed by atoms with E-state index in [0.717, 1.165) is 24.9 Å². The number of nitrogens with zero attached hydrogens (tertiary/aromatic N) is 4. The van der Waals surface area contributed by atoms with Crippen LogP contribution in [0.25, 0.3) is 11.0 Å². The molecule has 3 aromatic rings. The fourth-order valence-electron chi connectivity index (χ4n) is 3.26. The molecule has 0 saturated heterocycles. The number of nitrogens with two attached hydrogens (primary N) is 1. The lowest BCUT2D eigenvalue weighted by atomic mass is 10.1. The SMILES string of the molecule is CCCCNc1nc(N)nc2cn(Cc3c(OC)cccc3OCCCC(=O)OC)nc12. The third-order valence-electron chi connectivity index (χ3n) is 4.89. The van der Waals surface area contributed by atoms with E-state index in [2.05, 4.69) is 32.0 Å². The normalized spacial score (nSPS) is 10.8. The van der Waals surface area contributed by atoms with Crippen LogP contribution in [-0.2, 0) is 16.1 Å². The summed E-state index contributed by atoms with van der Waals surface area (Å²) in [5, 5.41) is 7.97. The Labute approximate surface area is 187 Å². The number of fused-ring (bicyclic) bond motifs is 1. The van der Waals surface area contributed by atoms with E-state index < -0.39 is 0 Å². The van der Waals surface area contributed by atoms with Crippen LogP contribution >= 0.6 is 0 Å². The Morgan fingerprint density at radius 1 is 1.19 bits per heavy atom. The number of nitrogens with one attached hydrogen (secondary N) is 1. The van der Waals surface area contributed by atoms with Crippen LogP contribution in [0.2, 0.25) is 0 Å². The maximum Gasteiger partial charge on any atom is 0.305 e. The van der Waals surface area contributed by atoms with Crippen LogP contribution in [0, 0.1) is 0 Å². The van der Waals surface area contributed by atoms with E-state index in [1.165, 1.54) is 7.11 Å². The molecule has 2 aromatic heterocycles. The molecule has 0 aliphatic heterocycles. The summed E-state index contributed by atoms with van der Waals surface area (Å²) in [5.41, 5.74) is 8.04. The minimum absolute atomic E-state index is 0.197. The molecule has 0 unspecified atom stereocenters. The van der Waals surface area contributed by atoms with Crippen LogP contribution < -0.4 is 20.5 Å². The number of benzene rings is 1. The van der Waals surface area contributed by atoms with E-state index in [9.17, 15) is 4.79 Å². The highest BCUT2D eigenvalue weighted by molar-refractivity contribution is 5.85. The Balaban J connectivity index is 1.82. The molecule has 0 spiro atoms. The number of carbonyl (C=O) groups is 1. The molecule has 10 heteroatoms. The van der Waals surface area contributed by atoms with Crippen LogP contribution in [-0.4, -0.2) is 53.1 Å². The lowest BCUT2D eigenvalue weighted by Crippen LogP contribution is -2.08. The molecule has 0 atom stereocenters. The van der Waals surface area contributed by atoms with Gasteiger partial charge in [-0.25, -0.2) is 4.98 Å². The van der Waals surface area contributed by atoms with Gasteiger partial charge in [-0.2, -0.15) is 10.1 Å². The number of aromatic nitrogens is 4. The highest BCUT2D eigenvalue weighted by atomic mass is 16.5. The fourth-order valence-corrected chi connectivity index (χ4v) is 3.26. The molecule has 3 rings (SSSR count). The van der Waals surface area contributed by atoms with Crippen molar-refractivity contribution < 1.29 is 19.0 Å². The Morgan fingerprint density at radius 2 is 2.00 bits per heavy atom. The Bertz CT molecular complexity index is 1050. The van der Waals surface area contributed by atoms with Gasteiger partial charge in [0.2, 0.25) is 5.95 Å². The number of ether oxygens (including phenoxy) is 3. The number of methoxy groups -OCH3 is 2. The van der Waals surface area contributed by atoms with Gasteiger partial charge in [-0.15, -0.1) is 0 Å². The van der Waals surface area contributed by atoms with Crippen LogP contribution in [0.5, 0.6) is 11.5 Å². The van der Waals surface area contributed by atoms with E-state index in [0.29, 0.717) is 54.3 Å². The first-order valence-corrected chi connectivity index (χ1v) is 10.7. The summed E-state index contributed by atoms with van der Waals surface area (Å²) in [7, 11) is 2.99. The predicted molar refractivity (Wildman–Crippen MR) is 122 cm³/mol. The zero-order valence-electron chi connectivity index (χ0n) is 18.8. The molecule has 0 saturated carbocycles. The average Bonchev–Trinajstić information content (AvgIpc) is 3.19. The van der Waals surface area contributed by atoms with Crippen molar-refractivity contribution in [2.24, 2.45) is 0 Å². The number of nitrogen functional groups attached to an aromatic ring is 1. The van der Waals surface area contributed by atoms with E-state index in [4.69, 9.17) is 15.2 Å². The van der Waals surface area contributed by atoms with Crippen LogP contribution in [0.3, 0.4) is 0 Å². The molecule has 0 bridgehead atoms. The molecular weight excluding hydrogens is 412 g/mol. The number of esters is 1. The van der Waals surface area contributed by atoms with Gasteiger partial charge >= 0.3 is 5.97 Å². The maximum atomic E-state index is 11.3. The molecular formula is C22H30N6O4. The lowest BCUT2D eigenvalue weighted by Gasteiger charge is -2.15. The number of carbonyl (C=O) groups excluding carboxylic acids is 1. The molecule has 0 amide bonds. The average molecular weight is 443 g/mol. The van der Waals surface area contributed by atoms with Crippen molar-refractivity contribution in [3.8, 4) is 11.5 Å². The molecule has 0 radical (unpaired) electrons. The first-order valence-electron chi connectivity index (χ1n) is 10.7. The molecule has 2 heterocycles.